The lowest BCUT2D eigenvalue weighted by atomic mass is 9.82. The summed E-state index contributed by atoms with van der Waals surface area (Å²) in [5.41, 5.74) is 3.42. The average Bonchev–Trinajstić information content (AvgIpc) is 2.72. The molecule has 1 nitrogen and oxygen atoms in total. The van der Waals surface area contributed by atoms with Crippen LogP contribution in [0, 0.1) is 0 Å². The monoisotopic (exact) mass is 273 g/mol. The third kappa shape index (κ3) is 3.14. The quantitative estimate of drug-likeness (QED) is 0.823. The zero-order valence-corrected chi connectivity index (χ0v) is 12.2. The Kier molecular flexibility index (Phi) is 3.74. The van der Waals surface area contributed by atoms with Crippen molar-refractivity contribution in [3.05, 3.63) is 102 Å². The third-order valence-electron chi connectivity index (χ3n) is 3.79. The van der Waals surface area contributed by atoms with Crippen molar-refractivity contribution in [1.29, 1.82) is 0 Å². The summed E-state index contributed by atoms with van der Waals surface area (Å²) in [5, 5.41) is 3.43. The van der Waals surface area contributed by atoms with E-state index >= 15 is 0 Å². The largest absolute Gasteiger partial charge is 0.356 e. The second-order valence-electron chi connectivity index (χ2n) is 5.45. The van der Waals surface area contributed by atoms with Crippen molar-refractivity contribution in [2.75, 3.05) is 5.32 Å². The summed E-state index contributed by atoms with van der Waals surface area (Å²) in [6.07, 6.45) is 10.9. The van der Waals surface area contributed by atoms with Gasteiger partial charge in [0, 0.05) is 16.8 Å². The van der Waals surface area contributed by atoms with Crippen LogP contribution in [0.15, 0.2) is 96.7 Å². The van der Waals surface area contributed by atoms with Gasteiger partial charge in [0.1, 0.15) is 0 Å². The maximum atomic E-state index is 3.43. The van der Waals surface area contributed by atoms with E-state index in [4.69, 9.17) is 0 Å². The van der Waals surface area contributed by atoms with Gasteiger partial charge in [0.05, 0.1) is 0 Å². The Morgan fingerprint density at radius 2 is 1.48 bits per heavy atom. The van der Waals surface area contributed by atoms with Gasteiger partial charge in [0.15, 0.2) is 0 Å². The SMILES string of the molecule is CC1(c2ccccc2)C=CC=C(Nc2ccccc2)C=C1. The first-order chi connectivity index (χ1) is 10.3. The number of rotatable bonds is 3. The van der Waals surface area contributed by atoms with Crippen LogP contribution in [0.3, 0.4) is 0 Å². The van der Waals surface area contributed by atoms with Crippen molar-refractivity contribution in [3.63, 3.8) is 0 Å². The predicted octanol–water partition coefficient (Wildman–Crippen LogP) is 5.07. The van der Waals surface area contributed by atoms with Crippen LogP contribution in [-0.2, 0) is 5.41 Å². The number of benzene rings is 2. The van der Waals surface area contributed by atoms with Crippen molar-refractivity contribution < 1.29 is 0 Å². The standard InChI is InChI=1S/C20H19N/c1-20(17-9-4-2-5-10-17)15-8-13-19(14-16-20)21-18-11-6-3-7-12-18/h2-16,21H,1H3. The van der Waals surface area contributed by atoms with Crippen LogP contribution in [0.4, 0.5) is 5.69 Å². The number of anilines is 1. The van der Waals surface area contributed by atoms with Crippen LogP contribution in [-0.4, -0.2) is 0 Å². The number of allylic oxidation sites excluding steroid dienone is 5. The molecule has 1 unspecified atom stereocenters. The molecule has 0 aromatic heterocycles. The molecule has 0 heterocycles. The van der Waals surface area contributed by atoms with Crippen LogP contribution in [0.1, 0.15) is 12.5 Å². The van der Waals surface area contributed by atoms with Gasteiger partial charge < -0.3 is 5.32 Å². The molecule has 0 aliphatic heterocycles. The molecule has 0 radical (unpaired) electrons. The lowest BCUT2D eigenvalue weighted by molar-refractivity contribution is 0.758. The minimum atomic E-state index is -0.0715. The third-order valence-corrected chi connectivity index (χ3v) is 3.79. The minimum absolute atomic E-state index is 0.0715. The Balaban J connectivity index is 1.82. The van der Waals surface area contributed by atoms with Gasteiger partial charge in [0.2, 0.25) is 0 Å². The van der Waals surface area contributed by atoms with Gasteiger partial charge in [0.25, 0.3) is 0 Å². The summed E-state index contributed by atoms with van der Waals surface area (Å²) >= 11 is 0. The van der Waals surface area contributed by atoms with E-state index in [-0.39, 0.29) is 5.41 Å². The molecule has 1 aliphatic carbocycles. The smallest absolute Gasteiger partial charge is 0.0384 e. The van der Waals surface area contributed by atoms with E-state index in [0.717, 1.165) is 11.4 Å². The van der Waals surface area contributed by atoms with E-state index in [1.165, 1.54) is 5.56 Å². The highest BCUT2D eigenvalue weighted by Gasteiger charge is 2.20. The molecule has 0 saturated heterocycles. The Labute approximate surface area is 126 Å². The van der Waals surface area contributed by atoms with E-state index in [9.17, 15) is 0 Å². The predicted molar refractivity (Wildman–Crippen MR) is 90.2 cm³/mol. The van der Waals surface area contributed by atoms with Crippen LogP contribution >= 0.6 is 0 Å². The molecule has 3 rings (SSSR count). The molecule has 0 fully saturated rings. The lowest BCUT2D eigenvalue weighted by Crippen LogP contribution is -2.15. The molecule has 0 amide bonds. The van der Waals surface area contributed by atoms with E-state index in [1.54, 1.807) is 0 Å². The van der Waals surface area contributed by atoms with E-state index < -0.39 is 0 Å². The summed E-state index contributed by atoms with van der Waals surface area (Å²) < 4.78 is 0. The Morgan fingerprint density at radius 3 is 2.19 bits per heavy atom. The molecule has 104 valence electrons. The number of hydrogen-bond donors (Lipinski definition) is 1. The van der Waals surface area contributed by atoms with Crippen molar-refractivity contribution in [1.82, 2.24) is 0 Å². The molecule has 2 aromatic carbocycles. The van der Waals surface area contributed by atoms with Crippen molar-refractivity contribution in [2.45, 2.75) is 12.3 Å². The lowest BCUT2D eigenvalue weighted by Gasteiger charge is -2.22. The van der Waals surface area contributed by atoms with Gasteiger partial charge in [-0.05, 0) is 36.8 Å². The first-order valence-corrected chi connectivity index (χ1v) is 7.23. The average molecular weight is 273 g/mol. The summed E-state index contributed by atoms with van der Waals surface area (Å²) in [6.45, 7) is 2.23. The van der Waals surface area contributed by atoms with Crippen LogP contribution < -0.4 is 5.32 Å². The maximum absolute atomic E-state index is 3.43. The second kappa shape index (κ2) is 5.84. The van der Waals surface area contributed by atoms with Gasteiger partial charge in [-0.25, -0.2) is 0 Å². The molecular formula is C20H19N. The first-order valence-electron chi connectivity index (χ1n) is 7.23. The fourth-order valence-electron chi connectivity index (χ4n) is 2.49. The normalized spacial score (nSPS) is 20.7. The van der Waals surface area contributed by atoms with Crippen LogP contribution in [0.5, 0.6) is 0 Å². The van der Waals surface area contributed by atoms with Gasteiger partial charge >= 0.3 is 0 Å². The second-order valence-corrected chi connectivity index (χ2v) is 5.45. The summed E-state index contributed by atoms with van der Waals surface area (Å²) in [4.78, 5) is 0. The highest BCUT2D eigenvalue weighted by atomic mass is 14.9. The number of nitrogens with one attached hydrogen (secondary N) is 1. The molecule has 0 bridgehead atoms. The molecule has 21 heavy (non-hydrogen) atoms. The molecular weight excluding hydrogens is 254 g/mol. The molecule has 1 heteroatoms. The van der Waals surface area contributed by atoms with E-state index in [0.29, 0.717) is 0 Å². The molecule has 1 N–H and O–H groups in total. The minimum Gasteiger partial charge on any atom is -0.356 e. The van der Waals surface area contributed by atoms with Crippen LogP contribution in [0.2, 0.25) is 0 Å². The zero-order valence-electron chi connectivity index (χ0n) is 12.2. The Hall–Kier alpha value is -2.54. The van der Waals surface area contributed by atoms with Gasteiger partial charge in [-0.1, -0.05) is 66.8 Å². The highest BCUT2D eigenvalue weighted by Crippen LogP contribution is 2.29. The molecule has 0 spiro atoms. The van der Waals surface area contributed by atoms with Crippen LogP contribution in [0.25, 0.3) is 0 Å². The highest BCUT2D eigenvalue weighted by molar-refractivity contribution is 5.53. The zero-order chi connectivity index (χ0) is 14.5. The molecule has 0 saturated carbocycles. The summed E-state index contributed by atoms with van der Waals surface area (Å²) in [7, 11) is 0. The topological polar surface area (TPSA) is 12.0 Å². The number of hydrogen-bond acceptors (Lipinski definition) is 1. The van der Waals surface area contributed by atoms with Gasteiger partial charge in [-0.3, -0.25) is 0 Å². The molecule has 2 aromatic rings. The van der Waals surface area contributed by atoms with Gasteiger partial charge in [-0.2, -0.15) is 0 Å². The fraction of sp³-hybridized carbons (Fsp3) is 0.100. The van der Waals surface area contributed by atoms with Crippen molar-refractivity contribution in [3.8, 4) is 0 Å². The first kappa shape index (κ1) is 13.4. The molecule has 1 aliphatic rings. The summed E-state index contributed by atoms with van der Waals surface area (Å²) in [6, 6.07) is 20.8. The van der Waals surface area contributed by atoms with Gasteiger partial charge in [-0.15, -0.1) is 0 Å². The summed E-state index contributed by atoms with van der Waals surface area (Å²) in [5.74, 6) is 0. The van der Waals surface area contributed by atoms with Crippen molar-refractivity contribution >= 4 is 5.69 Å². The maximum Gasteiger partial charge on any atom is 0.0384 e. The fourth-order valence-corrected chi connectivity index (χ4v) is 2.49. The van der Waals surface area contributed by atoms with Crippen molar-refractivity contribution in [2.24, 2.45) is 0 Å². The van der Waals surface area contributed by atoms with E-state index in [1.807, 2.05) is 18.2 Å². The van der Waals surface area contributed by atoms with E-state index in [2.05, 4.69) is 85.1 Å². The Bertz CT molecular complexity index is 680. The number of para-hydroxylation sites is 1. The molecule has 1 atom stereocenters. The Morgan fingerprint density at radius 1 is 0.810 bits per heavy atom.